The highest BCUT2D eigenvalue weighted by Gasteiger charge is 2.28. The standard InChI is InChI=1S/C21H31N/c1-10-21(9,11-2)20-16(7)18-14(5)12(3)13(4)15(6)19(18)17(8)22-20/h10-11H2,1-9H3. The molecule has 2 aromatic rings. The molecule has 1 aromatic carbocycles. The van der Waals surface area contributed by atoms with Crippen LogP contribution in [0.3, 0.4) is 0 Å². The Bertz CT molecular complexity index is 734. The van der Waals surface area contributed by atoms with Gasteiger partial charge in [-0.2, -0.15) is 0 Å². The van der Waals surface area contributed by atoms with Gasteiger partial charge >= 0.3 is 0 Å². The van der Waals surface area contributed by atoms with Crippen LogP contribution in [-0.4, -0.2) is 4.98 Å². The minimum absolute atomic E-state index is 0.169. The van der Waals surface area contributed by atoms with Crippen molar-refractivity contribution in [2.75, 3.05) is 0 Å². The van der Waals surface area contributed by atoms with Gasteiger partial charge in [0, 0.05) is 16.5 Å². The van der Waals surface area contributed by atoms with E-state index in [-0.39, 0.29) is 5.41 Å². The van der Waals surface area contributed by atoms with E-state index in [4.69, 9.17) is 4.98 Å². The third-order valence-electron chi connectivity index (χ3n) is 6.19. The Labute approximate surface area is 136 Å². The van der Waals surface area contributed by atoms with Gasteiger partial charge in [0.05, 0.1) is 5.69 Å². The van der Waals surface area contributed by atoms with Gasteiger partial charge in [0.25, 0.3) is 0 Å². The summed E-state index contributed by atoms with van der Waals surface area (Å²) in [5.74, 6) is 0. The Morgan fingerprint density at radius 3 is 1.59 bits per heavy atom. The maximum atomic E-state index is 5.09. The number of fused-ring (bicyclic) bond motifs is 1. The lowest BCUT2D eigenvalue weighted by Crippen LogP contribution is -2.23. The largest absolute Gasteiger partial charge is 0.257 e. The van der Waals surface area contributed by atoms with Gasteiger partial charge in [-0.15, -0.1) is 0 Å². The summed E-state index contributed by atoms with van der Waals surface area (Å²) in [5, 5.41) is 2.81. The second kappa shape index (κ2) is 5.68. The zero-order valence-electron chi connectivity index (χ0n) is 15.9. The molecule has 0 aliphatic heterocycles. The van der Waals surface area contributed by atoms with Crippen molar-refractivity contribution in [2.24, 2.45) is 0 Å². The molecule has 0 aliphatic rings. The van der Waals surface area contributed by atoms with Crippen LogP contribution >= 0.6 is 0 Å². The molecular weight excluding hydrogens is 266 g/mol. The predicted octanol–water partition coefficient (Wildman–Crippen LogP) is 6.16. The van der Waals surface area contributed by atoms with Crippen molar-refractivity contribution in [1.82, 2.24) is 4.98 Å². The molecular formula is C21H31N. The average Bonchev–Trinajstić information content (AvgIpc) is 2.51. The average molecular weight is 297 g/mol. The molecule has 1 nitrogen and oxygen atoms in total. The predicted molar refractivity (Wildman–Crippen MR) is 98.1 cm³/mol. The Morgan fingerprint density at radius 1 is 0.682 bits per heavy atom. The van der Waals surface area contributed by atoms with E-state index in [0.29, 0.717) is 0 Å². The van der Waals surface area contributed by atoms with Crippen molar-refractivity contribution in [3.05, 3.63) is 39.2 Å². The number of rotatable bonds is 3. The van der Waals surface area contributed by atoms with Crippen molar-refractivity contribution in [3.63, 3.8) is 0 Å². The Morgan fingerprint density at radius 2 is 1.14 bits per heavy atom. The van der Waals surface area contributed by atoms with Gasteiger partial charge in [0.2, 0.25) is 0 Å². The second-order valence-corrected chi connectivity index (χ2v) is 7.19. The van der Waals surface area contributed by atoms with Crippen LogP contribution in [0.1, 0.15) is 72.8 Å². The fourth-order valence-corrected chi connectivity index (χ4v) is 3.83. The molecule has 0 amide bonds. The maximum absolute atomic E-state index is 5.09. The van der Waals surface area contributed by atoms with Gasteiger partial charge in [-0.3, -0.25) is 4.98 Å². The number of nitrogens with zero attached hydrogens (tertiary/aromatic N) is 1. The first-order valence-electron chi connectivity index (χ1n) is 8.57. The first kappa shape index (κ1) is 17.0. The lowest BCUT2D eigenvalue weighted by Gasteiger charge is -2.30. The second-order valence-electron chi connectivity index (χ2n) is 7.19. The highest BCUT2D eigenvalue weighted by Crippen LogP contribution is 2.39. The molecule has 1 heteroatoms. The summed E-state index contributed by atoms with van der Waals surface area (Å²) >= 11 is 0. The molecule has 2 rings (SSSR count). The molecule has 0 bridgehead atoms. The maximum Gasteiger partial charge on any atom is 0.0501 e. The van der Waals surface area contributed by atoms with Crippen LogP contribution in [0.25, 0.3) is 10.8 Å². The third kappa shape index (κ3) is 2.26. The van der Waals surface area contributed by atoms with Gasteiger partial charge in [-0.25, -0.2) is 0 Å². The fourth-order valence-electron chi connectivity index (χ4n) is 3.83. The lowest BCUT2D eigenvalue weighted by molar-refractivity contribution is 0.423. The molecule has 0 fully saturated rings. The molecule has 0 saturated heterocycles. The van der Waals surface area contributed by atoms with Gasteiger partial charge < -0.3 is 0 Å². The van der Waals surface area contributed by atoms with E-state index in [1.807, 2.05) is 0 Å². The molecule has 1 heterocycles. The summed E-state index contributed by atoms with van der Waals surface area (Å²) in [4.78, 5) is 5.09. The number of hydrogen-bond donors (Lipinski definition) is 0. The molecule has 0 N–H and O–H groups in total. The Hall–Kier alpha value is -1.37. The minimum atomic E-state index is 0.169. The summed E-state index contributed by atoms with van der Waals surface area (Å²) in [6.07, 6.45) is 2.26. The quantitative estimate of drug-likeness (QED) is 0.661. The SMILES string of the molecule is CCC(C)(CC)c1nc(C)c2c(C)c(C)c(C)c(C)c2c1C. The van der Waals surface area contributed by atoms with E-state index in [0.717, 1.165) is 12.8 Å². The molecule has 0 spiro atoms. The number of hydrogen-bond acceptors (Lipinski definition) is 1. The van der Waals surface area contributed by atoms with Crippen molar-refractivity contribution < 1.29 is 0 Å². The first-order valence-corrected chi connectivity index (χ1v) is 8.57. The molecule has 0 radical (unpaired) electrons. The molecule has 1 aromatic heterocycles. The highest BCUT2D eigenvalue weighted by atomic mass is 14.7. The van der Waals surface area contributed by atoms with Crippen molar-refractivity contribution in [1.29, 1.82) is 0 Å². The first-order chi connectivity index (χ1) is 10.2. The normalized spacial score (nSPS) is 12.2. The molecule has 22 heavy (non-hydrogen) atoms. The van der Waals surface area contributed by atoms with Crippen molar-refractivity contribution >= 4 is 10.8 Å². The van der Waals surface area contributed by atoms with E-state index >= 15 is 0 Å². The Balaban J connectivity index is 3.02. The molecule has 120 valence electrons. The van der Waals surface area contributed by atoms with Crippen molar-refractivity contribution in [2.45, 2.75) is 80.6 Å². The highest BCUT2D eigenvalue weighted by molar-refractivity contribution is 5.95. The van der Waals surface area contributed by atoms with E-state index in [1.165, 1.54) is 50.0 Å². The van der Waals surface area contributed by atoms with Crippen molar-refractivity contribution in [3.8, 4) is 0 Å². The summed E-state index contributed by atoms with van der Waals surface area (Å²) < 4.78 is 0. The van der Waals surface area contributed by atoms with E-state index in [9.17, 15) is 0 Å². The van der Waals surface area contributed by atoms with E-state index < -0.39 is 0 Å². The summed E-state index contributed by atoms with van der Waals surface area (Å²) in [6, 6.07) is 0. The van der Waals surface area contributed by atoms with Crippen LogP contribution in [0.15, 0.2) is 0 Å². The molecule has 0 saturated carbocycles. The number of benzene rings is 1. The van der Waals surface area contributed by atoms with Crippen LogP contribution < -0.4 is 0 Å². The third-order valence-corrected chi connectivity index (χ3v) is 6.19. The number of aryl methyl sites for hydroxylation is 4. The zero-order chi connectivity index (χ0) is 16.8. The smallest absolute Gasteiger partial charge is 0.0501 e. The summed E-state index contributed by atoms with van der Waals surface area (Å²) in [6.45, 7) is 20.4. The van der Waals surface area contributed by atoms with Crippen LogP contribution in [0.4, 0.5) is 0 Å². The number of aromatic nitrogens is 1. The Kier molecular flexibility index (Phi) is 4.39. The van der Waals surface area contributed by atoms with Gasteiger partial charge in [-0.05, 0) is 87.6 Å². The van der Waals surface area contributed by atoms with Gasteiger partial charge in [0.1, 0.15) is 0 Å². The molecule has 0 unspecified atom stereocenters. The van der Waals surface area contributed by atoms with Gasteiger partial charge in [-0.1, -0.05) is 20.8 Å². The summed E-state index contributed by atoms with van der Waals surface area (Å²) in [7, 11) is 0. The lowest BCUT2D eigenvalue weighted by atomic mass is 9.77. The van der Waals surface area contributed by atoms with Crippen LogP contribution in [0.2, 0.25) is 0 Å². The molecule has 0 atom stereocenters. The van der Waals surface area contributed by atoms with Crippen LogP contribution in [0, 0.1) is 41.5 Å². The van der Waals surface area contributed by atoms with E-state index in [2.05, 4.69) is 62.3 Å². The topological polar surface area (TPSA) is 12.9 Å². The van der Waals surface area contributed by atoms with Gasteiger partial charge in [0.15, 0.2) is 0 Å². The van der Waals surface area contributed by atoms with Crippen LogP contribution in [0.5, 0.6) is 0 Å². The molecule has 0 aliphatic carbocycles. The summed E-state index contributed by atoms with van der Waals surface area (Å²) in [5.41, 5.74) is 9.71. The fraction of sp³-hybridized carbons (Fsp3) is 0.571. The minimum Gasteiger partial charge on any atom is -0.257 e. The monoisotopic (exact) mass is 297 g/mol. The van der Waals surface area contributed by atoms with E-state index in [1.54, 1.807) is 0 Å². The zero-order valence-corrected chi connectivity index (χ0v) is 15.9. The van der Waals surface area contributed by atoms with Crippen LogP contribution in [-0.2, 0) is 5.41 Å². The number of pyridine rings is 1.